The zero-order chi connectivity index (χ0) is 18.0. The predicted octanol–water partition coefficient (Wildman–Crippen LogP) is 5.07. The third kappa shape index (κ3) is 4.31. The van der Waals surface area contributed by atoms with Crippen LogP contribution in [0.5, 0.6) is 0 Å². The maximum atomic E-state index is 11.8. The fourth-order valence-electron chi connectivity index (χ4n) is 3.29. The molecule has 5 heteroatoms. The van der Waals surface area contributed by atoms with Crippen LogP contribution in [-0.2, 0) is 9.84 Å². The molecule has 0 radical (unpaired) electrons. The van der Waals surface area contributed by atoms with E-state index < -0.39 is 9.84 Å². The molecule has 0 atom stereocenters. The molecule has 2 aromatic rings. The number of aromatic nitrogens is 1. The number of rotatable bonds is 4. The molecule has 1 aromatic heterocycles. The number of allylic oxidation sites excluding steroid dienone is 1. The van der Waals surface area contributed by atoms with Crippen molar-refractivity contribution < 1.29 is 8.42 Å². The van der Waals surface area contributed by atoms with Gasteiger partial charge in [0.25, 0.3) is 0 Å². The van der Waals surface area contributed by atoms with Gasteiger partial charge in [-0.1, -0.05) is 42.7 Å². The van der Waals surface area contributed by atoms with Gasteiger partial charge in [0.2, 0.25) is 0 Å². The molecule has 1 aromatic carbocycles. The number of pyridine rings is 1. The van der Waals surface area contributed by atoms with Crippen LogP contribution >= 0.6 is 11.6 Å². The van der Waals surface area contributed by atoms with E-state index in [1.807, 2.05) is 31.3 Å². The van der Waals surface area contributed by atoms with Gasteiger partial charge in [0.05, 0.1) is 15.6 Å². The van der Waals surface area contributed by atoms with Gasteiger partial charge in [-0.2, -0.15) is 0 Å². The number of hydrogen-bond acceptors (Lipinski definition) is 3. The standard InChI is InChI=1S/C20H22ClNO2S/c1-14-7-9-19(22-13-14)17(11-15-5-3-4-6-15)16-8-10-20(18(21)12-16)25(2,23)24/h7-13,15H,3-6H2,1-2H3/b17-11+. The predicted molar refractivity (Wildman–Crippen MR) is 103 cm³/mol. The lowest BCUT2D eigenvalue weighted by atomic mass is 9.96. The number of sulfone groups is 1. The van der Waals surface area contributed by atoms with Crippen molar-refractivity contribution in [3.05, 3.63) is 64.4 Å². The smallest absolute Gasteiger partial charge is 0.176 e. The summed E-state index contributed by atoms with van der Waals surface area (Å²) in [6.45, 7) is 2.01. The minimum atomic E-state index is -3.34. The minimum Gasteiger partial charge on any atom is -0.256 e. The number of nitrogens with zero attached hydrogens (tertiary/aromatic N) is 1. The molecule has 0 amide bonds. The van der Waals surface area contributed by atoms with E-state index in [-0.39, 0.29) is 9.92 Å². The highest BCUT2D eigenvalue weighted by Gasteiger charge is 2.18. The van der Waals surface area contributed by atoms with Gasteiger partial charge in [-0.3, -0.25) is 4.98 Å². The van der Waals surface area contributed by atoms with Gasteiger partial charge in [0.1, 0.15) is 0 Å². The molecular weight excluding hydrogens is 354 g/mol. The summed E-state index contributed by atoms with van der Waals surface area (Å²) in [4.78, 5) is 4.73. The Hall–Kier alpha value is -1.65. The quantitative estimate of drug-likeness (QED) is 0.749. The van der Waals surface area contributed by atoms with Crippen molar-refractivity contribution in [2.45, 2.75) is 37.5 Å². The van der Waals surface area contributed by atoms with E-state index in [1.165, 1.54) is 31.9 Å². The van der Waals surface area contributed by atoms with Crippen LogP contribution in [0.25, 0.3) is 5.57 Å². The molecule has 1 fully saturated rings. The summed E-state index contributed by atoms with van der Waals surface area (Å²) in [5.41, 5.74) is 3.92. The van der Waals surface area contributed by atoms with E-state index in [4.69, 9.17) is 11.6 Å². The summed E-state index contributed by atoms with van der Waals surface area (Å²) in [5.74, 6) is 0.534. The molecule has 0 N–H and O–H groups in total. The van der Waals surface area contributed by atoms with Crippen LogP contribution < -0.4 is 0 Å². The fraction of sp³-hybridized carbons (Fsp3) is 0.350. The van der Waals surface area contributed by atoms with E-state index >= 15 is 0 Å². The summed E-state index contributed by atoms with van der Waals surface area (Å²) in [6.07, 6.45) is 10.2. The van der Waals surface area contributed by atoms with Crippen molar-refractivity contribution in [3.63, 3.8) is 0 Å². The lowest BCUT2D eigenvalue weighted by molar-refractivity contribution is 0.602. The monoisotopic (exact) mass is 375 g/mol. The highest BCUT2D eigenvalue weighted by molar-refractivity contribution is 7.90. The average molecular weight is 376 g/mol. The normalized spacial score (nSPS) is 16.4. The molecule has 1 saturated carbocycles. The van der Waals surface area contributed by atoms with Gasteiger partial charge in [0, 0.05) is 18.0 Å². The van der Waals surface area contributed by atoms with Crippen LogP contribution in [0.1, 0.15) is 42.5 Å². The molecule has 0 unspecified atom stereocenters. The zero-order valence-corrected chi connectivity index (χ0v) is 16.1. The van der Waals surface area contributed by atoms with E-state index in [9.17, 15) is 8.42 Å². The summed E-state index contributed by atoms with van der Waals surface area (Å²) in [7, 11) is -3.34. The summed E-state index contributed by atoms with van der Waals surface area (Å²) in [5, 5.41) is 0.254. The zero-order valence-electron chi connectivity index (χ0n) is 14.5. The van der Waals surface area contributed by atoms with Crippen molar-refractivity contribution in [3.8, 4) is 0 Å². The number of benzene rings is 1. The van der Waals surface area contributed by atoms with Crippen molar-refractivity contribution in [2.24, 2.45) is 5.92 Å². The second-order valence-corrected chi connectivity index (χ2v) is 9.15. The van der Waals surface area contributed by atoms with Gasteiger partial charge in [-0.05, 0) is 55.0 Å². The number of halogens is 1. The molecule has 0 aliphatic heterocycles. The van der Waals surface area contributed by atoms with Gasteiger partial charge in [-0.15, -0.1) is 0 Å². The highest BCUT2D eigenvalue weighted by Crippen LogP contribution is 2.33. The first kappa shape index (κ1) is 18.2. The Morgan fingerprint density at radius 1 is 1.20 bits per heavy atom. The van der Waals surface area contributed by atoms with Crippen LogP contribution in [0.2, 0.25) is 5.02 Å². The highest BCUT2D eigenvalue weighted by atomic mass is 35.5. The van der Waals surface area contributed by atoms with E-state index in [1.54, 1.807) is 12.1 Å². The van der Waals surface area contributed by atoms with Crippen molar-refractivity contribution >= 4 is 27.0 Å². The fourth-order valence-corrected chi connectivity index (χ4v) is 4.61. The average Bonchev–Trinajstić information content (AvgIpc) is 3.05. The molecule has 3 nitrogen and oxygen atoms in total. The van der Waals surface area contributed by atoms with Gasteiger partial charge in [-0.25, -0.2) is 8.42 Å². The van der Waals surface area contributed by atoms with E-state index in [2.05, 4.69) is 11.1 Å². The van der Waals surface area contributed by atoms with Crippen LogP contribution in [0, 0.1) is 12.8 Å². The lowest BCUT2D eigenvalue weighted by Crippen LogP contribution is -2.00. The number of aryl methyl sites for hydroxylation is 1. The van der Waals surface area contributed by atoms with Crippen LogP contribution in [0.15, 0.2) is 47.5 Å². The summed E-state index contributed by atoms with van der Waals surface area (Å²) in [6, 6.07) is 9.19. The second kappa shape index (κ2) is 7.30. The maximum absolute atomic E-state index is 11.8. The van der Waals surface area contributed by atoms with Crippen molar-refractivity contribution in [1.29, 1.82) is 0 Å². The Bertz CT molecular complexity index is 896. The Labute approximate surface area is 154 Å². The molecule has 1 heterocycles. The van der Waals surface area contributed by atoms with E-state index in [0.717, 1.165) is 22.4 Å². The molecule has 0 spiro atoms. The number of hydrogen-bond donors (Lipinski definition) is 0. The Balaban J connectivity index is 2.08. The molecule has 1 aliphatic carbocycles. The SMILES string of the molecule is Cc1ccc(/C(=C/C2CCCC2)c2ccc(S(C)(=O)=O)c(Cl)c2)nc1. The topological polar surface area (TPSA) is 47.0 Å². The van der Waals surface area contributed by atoms with Crippen molar-refractivity contribution in [2.75, 3.05) is 6.26 Å². The Morgan fingerprint density at radius 2 is 1.92 bits per heavy atom. The van der Waals surface area contributed by atoms with Gasteiger partial charge < -0.3 is 0 Å². The summed E-state index contributed by atoms with van der Waals surface area (Å²) < 4.78 is 23.6. The molecule has 25 heavy (non-hydrogen) atoms. The lowest BCUT2D eigenvalue weighted by Gasteiger charge is -2.13. The Kier molecular flexibility index (Phi) is 5.30. The first-order valence-electron chi connectivity index (χ1n) is 8.49. The molecule has 3 rings (SSSR count). The molecule has 132 valence electrons. The first-order chi connectivity index (χ1) is 11.8. The van der Waals surface area contributed by atoms with Crippen molar-refractivity contribution in [1.82, 2.24) is 4.98 Å². The van der Waals surface area contributed by atoms with Gasteiger partial charge in [0.15, 0.2) is 9.84 Å². The minimum absolute atomic E-state index is 0.162. The second-order valence-electron chi connectivity index (χ2n) is 6.76. The molecule has 0 saturated heterocycles. The molecule has 1 aliphatic rings. The largest absolute Gasteiger partial charge is 0.256 e. The van der Waals surface area contributed by atoms with E-state index in [0.29, 0.717) is 5.92 Å². The summed E-state index contributed by atoms with van der Waals surface area (Å²) >= 11 is 6.26. The van der Waals surface area contributed by atoms with Crippen LogP contribution in [-0.4, -0.2) is 19.7 Å². The third-order valence-corrected chi connectivity index (χ3v) is 6.21. The molecular formula is C20H22ClNO2S. The Morgan fingerprint density at radius 3 is 2.48 bits per heavy atom. The van der Waals surface area contributed by atoms with Crippen LogP contribution in [0.3, 0.4) is 0 Å². The molecule has 0 bridgehead atoms. The maximum Gasteiger partial charge on any atom is 0.176 e. The first-order valence-corrected chi connectivity index (χ1v) is 10.8. The van der Waals surface area contributed by atoms with Gasteiger partial charge >= 0.3 is 0 Å². The van der Waals surface area contributed by atoms with Crippen LogP contribution in [0.4, 0.5) is 0 Å². The third-order valence-electron chi connectivity index (χ3n) is 4.63.